The van der Waals surface area contributed by atoms with Gasteiger partial charge in [-0.15, -0.1) is 0 Å². The summed E-state index contributed by atoms with van der Waals surface area (Å²) in [6.45, 7) is 6.51. The van der Waals surface area contributed by atoms with Gasteiger partial charge in [0.2, 0.25) is 0 Å². The molecule has 3 heteroatoms. The molecule has 0 bridgehead atoms. The standard InChI is InChI=1S/C30H33N3/c1-23-14-15-24(2)33(23)30-13-8-12-29(31-30)27-18-16-25(17-19-27)21-28-11-6-7-20-32(28)22-26-9-4-3-5-10-26/h3-5,8-10,12-19,28H,6-7,11,20-22H2,1-2H3. The van der Waals surface area contributed by atoms with Crippen molar-refractivity contribution in [1.29, 1.82) is 0 Å². The molecular weight excluding hydrogens is 402 g/mol. The van der Waals surface area contributed by atoms with E-state index < -0.39 is 0 Å². The van der Waals surface area contributed by atoms with Crippen LogP contribution in [-0.2, 0) is 13.0 Å². The second-order valence-corrected chi connectivity index (χ2v) is 9.34. The maximum Gasteiger partial charge on any atom is 0.137 e. The van der Waals surface area contributed by atoms with E-state index in [1.807, 2.05) is 0 Å². The summed E-state index contributed by atoms with van der Waals surface area (Å²) in [7, 11) is 0. The van der Waals surface area contributed by atoms with E-state index >= 15 is 0 Å². The first-order chi connectivity index (χ1) is 16.2. The lowest BCUT2D eigenvalue weighted by Gasteiger charge is -2.36. The Morgan fingerprint density at radius 1 is 0.758 bits per heavy atom. The van der Waals surface area contributed by atoms with Crippen molar-refractivity contribution in [2.24, 2.45) is 0 Å². The number of likely N-dealkylation sites (tertiary alicyclic amines) is 1. The van der Waals surface area contributed by atoms with Crippen LogP contribution >= 0.6 is 0 Å². The van der Waals surface area contributed by atoms with Crippen LogP contribution in [0.5, 0.6) is 0 Å². The van der Waals surface area contributed by atoms with Crippen LogP contribution in [0.1, 0.15) is 41.8 Å². The molecular formula is C30H33N3. The van der Waals surface area contributed by atoms with Crippen molar-refractivity contribution < 1.29 is 0 Å². The number of pyridine rings is 1. The molecule has 3 nitrogen and oxygen atoms in total. The van der Waals surface area contributed by atoms with Crippen molar-refractivity contribution in [2.75, 3.05) is 6.54 Å². The summed E-state index contributed by atoms with van der Waals surface area (Å²) >= 11 is 0. The third kappa shape index (κ3) is 4.94. The fraction of sp³-hybridized carbons (Fsp3) is 0.300. The monoisotopic (exact) mass is 435 g/mol. The molecule has 168 valence electrons. The van der Waals surface area contributed by atoms with E-state index in [0.717, 1.165) is 24.5 Å². The molecule has 2 aromatic heterocycles. The summed E-state index contributed by atoms with van der Waals surface area (Å²) in [4.78, 5) is 7.65. The molecule has 1 aliphatic rings. The molecule has 1 fully saturated rings. The van der Waals surface area contributed by atoms with Crippen LogP contribution in [0.3, 0.4) is 0 Å². The van der Waals surface area contributed by atoms with Crippen molar-refractivity contribution in [3.05, 3.63) is 107 Å². The number of hydrogen-bond acceptors (Lipinski definition) is 2. The van der Waals surface area contributed by atoms with Crippen molar-refractivity contribution in [3.8, 4) is 17.1 Å². The fourth-order valence-corrected chi connectivity index (χ4v) is 5.14. The van der Waals surface area contributed by atoms with Gasteiger partial charge in [0.25, 0.3) is 0 Å². The van der Waals surface area contributed by atoms with E-state index in [-0.39, 0.29) is 0 Å². The highest BCUT2D eigenvalue weighted by Gasteiger charge is 2.22. The largest absolute Gasteiger partial charge is 0.303 e. The van der Waals surface area contributed by atoms with E-state index in [0.29, 0.717) is 6.04 Å². The summed E-state index contributed by atoms with van der Waals surface area (Å²) in [5.74, 6) is 0.982. The SMILES string of the molecule is Cc1ccc(C)n1-c1cccc(-c2ccc(CC3CCCCN3Cc3ccccc3)cc2)n1. The molecule has 33 heavy (non-hydrogen) atoms. The zero-order chi connectivity index (χ0) is 22.6. The van der Waals surface area contributed by atoms with Crippen LogP contribution in [0.25, 0.3) is 17.1 Å². The molecule has 5 rings (SSSR count). The second kappa shape index (κ2) is 9.76. The van der Waals surface area contributed by atoms with Gasteiger partial charge in [0.15, 0.2) is 0 Å². The molecule has 0 amide bonds. The minimum Gasteiger partial charge on any atom is -0.303 e. The Hall–Kier alpha value is -3.17. The molecule has 4 aromatic rings. The van der Waals surface area contributed by atoms with Crippen molar-refractivity contribution in [1.82, 2.24) is 14.5 Å². The van der Waals surface area contributed by atoms with Gasteiger partial charge in [0.05, 0.1) is 5.69 Å². The molecule has 0 spiro atoms. The van der Waals surface area contributed by atoms with Crippen LogP contribution in [0, 0.1) is 13.8 Å². The van der Waals surface area contributed by atoms with Crippen molar-refractivity contribution >= 4 is 0 Å². The lowest BCUT2D eigenvalue weighted by molar-refractivity contribution is 0.139. The average molecular weight is 436 g/mol. The van der Waals surface area contributed by atoms with Gasteiger partial charge in [-0.25, -0.2) is 4.98 Å². The summed E-state index contributed by atoms with van der Waals surface area (Å²) in [6, 6.07) is 31.2. The Labute approximate surface area is 197 Å². The quantitative estimate of drug-likeness (QED) is 0.334. The highest BCUT2D eigenvalue weighted by Crippen LogP contribution is 2.25. The third-order valence-electron chi connectivity index (χ3n) is 6.93. The van der Waals surface area contributed by atoms with E-state index in [1.165, 1.54) is 53.9 Å². The fourth-order valence-electron chi connectivity index (χ4n) is 5.14. The molecule has 1 saturated heterocycles. The number of benzene rings is 2. The highest BCUT2D eigenvalue weighted by molar-refractivity contribution is 5.60. The number of rotatable bonds is 6. The number of hydrogen-bond donors (Lipinski definition) is 0. The Morgan fingerprint density at radius 3 is 2.27 bits per heavy atom. The summed E-state index contributed by atoms with van der Waals surface area (Å²) in [6.07, 6.45) is 5.05. The van der Waals surface area contributed by atoms with Gasteiger partial charge < -0.3 is 4.57 Å². The number of piperidine rings is 1. The molecule has 0 radical (unpaired) electrons. The number of nitrogens with zero attached hydrogens (tertiary/aromatic N) is 3. The van der Waals surface area contributed by atoms with Crippen LogP contribution in [0.4, 0.5) is 0 Å². The van der Waals surface area contributed by atoms with Crippen LogP contribution in [0.2, 0.25) is 0 Å². The summed E-state index contributed by atoms with van der Waals surface area (Å²) in [5.41, 5.74) is 7.44. The first-order valence-corrected chi connectivity index (χ1v) is 12.2. The maximum absolute atomic E-state index is 4.97. The van der Waals surface area contributed by atoms with Gasteiger partial charge in [-0.3, -0.25) is 4.90 Å². The van der Waals surface area contributed by atoms with Crippen LogP contribution < -0.4 is 0 Å². The van der Waals surface area contributed by atoms with Crippen LogP contribution in [0.15, 0.2) is 84.9 Å². The Balaban J connectivity index is 1.31. The third-order valence-corrected chi connectivity index (χ3v) is 6.93. The van der Waals surface area contributed by atoms with Gasteiger partial charge >= 0.3 is 0 Å². The van der Waals surface area contributed by atoms with Crippen molar-refractivity contribution in [2.45, 2.75) is 52.1 Å². The van der Waals surface area contributed by atoms with Gasteiger partial charge in [0, 0.05) is 29.5 Å². The summed E-state index contributed by atoms with van der Waals surface area (Å²) in [5, 5.41) is 0. The zero-order valence-corrected chi connectivity index (χ0v) is 19.7. The lowest BCUT2D eigenvalue weighted by atomic mass is 9.94. The Bertz CT molecular complexity index is 1170. The van der Waals surface area contributed by atoms with Crippen molar-refractivity contribution in [3.63, 3.8) is 0 Å². The molecule has 1 atom stereocenters. The smallest absolute Gasteiger partial charge is 0.137 e. The highest BCUT2D eigenvalue weighted by atomic mass is 15.2. The maximum atomic E-state index is 4.97. The minimum atomic E-state index is 0.617. The predicted molar refractivity (Wildman–Crippen MR) is 137 cm³/mol. The normalized spacial score (nSPS) is 16.7. The lowest BCUT2D eigenvalue weighted by Crippen LogP contribution is -2.40. The van der Waals surface area contributed by atoms with E-state index in [4.69, 9.17) is 4.98 Å². The number of aryl methyl sites for hydroxylation is 2. The molecule has 1 unspecified atom stereocenters. The molecule has 1 aliphatic heterocycles. The molecule has 0 saturated carbocycles. The van der Waals surface area contributed by atoms with Crippen LogP contribution in [-0.4, -0.2) is 27.0 Å². The minimum absolute atomic E-state index is 0.617. The first kappa shape index (κ1) is 21.7. The number of aromatic nitrogens is 2. The molecule has 2 aromatic carbocycles. The van der Waals surface area contributed by atoms with Gasteiger partial charge in [-0.05, 0) is 75.0 Å². The molecule has 0 N–H and O–H groups in total. The van der Waals surface area contributed by atoms with Gasteiger partial charge in [-0.2, -0.15) is 0 Å². The molecule has 3 heterocycles. The Morgan fingerprint density at radius 2 is 1.52 bits per heavy atom. The zero-order valence-electron chi connectivity index (χ0n) is 19.7. The predicted octanol–water partition coefficient (Wildman–Crippen LogP) is 6.75. The average Bonchev–Trinajstić information content (AvgIpc) is 3.19. The second-order valence-electron chi connectivity index (χ2n) is 9.34. The topological polar surface area (TPSA) is 21.1 Å². The summed E-state index contributed by atoms with van der Waals surface area (Å²) < 4.78 is 2.21. The van der Waals surface area contributed by atoms with E-state index in [1.54, 1.807) is 0 Å². The van der Waals surface area contributed by atoms with E-state index in [9.17, 15) is 0 Å². The molecule has 0 aliphatic carbocycles. The van der Waals surface area contributed by atoms with Gasteiger partial charge in [0.1, 0.15) is 5.82 Å². The Kier molecular flexibility index (Phi) is 6.41. The van der Waals surface area contributed by atoms with E-state index in [2.05, 4.69) is 108 Å². The first-order valence-electron chi connectivity index (χ1n) is 12.2. The van der Waals surface area contributed by atoms with Gasteiger partial charge in [-0.1, -0.05) is 67.1 Å².